The van der Waals surface area contributed by atoms with Gasteiger partial charge in [0.05, 0.1) is 22.9 Å². The standard InChI is InChI=1S/C22H18N4O2/c1-14-19(21(27)24-15-8-3-2-4-9-15)20(18-12-7-13-28-18)26-17-11-6-5-10-16(17)25-22(26)23-14/h2-13,20H,1H3,(H,23,25)(H,24,27)/t20-/m1/s1. The van der Waals surface area contributed by atoms with Gasteiger partial charge in [-0.3, -0.25) is 9.36 Å². The smallest absolute Gasteiger partial charge is 0.255 e. The van der Waals surface area contributed by atoms with E-state index in [9.17, 15) is 4.79 Å². The number of hydrogen-bond acceptors (Lipinski definition) is 4. The molecular weight excluding hydrogens is 352 g/mol. The Kier molecular flexibility index (Phi) is 3.76. The molecule has 3 heterocycles. The second-order valence-corrected chi connectivity index (χ2v) is 6.70. The van der Waals surface area contributed by atoms with Gasteiger partial charge in [0.15, 0.2) is 0 Å². The molecule has 0 aliphatic carbocycles. The Morgan fingerprint density at radius 1 is 1.07 bits per heavy atom. The molecule has 1 atom stereocenters. The highest BCUT2D eigenvalue weighted by molar-refractivity contribution is 6.06. The van der Waals surface area contributed by atoms with Gasteiger partial charge in [-0.1, -0.05) is 30.3 Å². The molecule has 0 fully saturated rings. The molecule has 0 saturated carbocycles. The van der Waals surface area contributed by atoms with Crippen LogP contribution in [0.4, 0.5) is 11.6 Å². The van der Waals surface area contributed by atoms with Gasteiger partial charge in [0, 0.05) is 11.4 Å². The monoisotopic (exact) mass is 370 g/mol. The summed E-state index contributed by atoms with van der Waals surface area (Å²) in [5.41, 5.74) is 3.88. The zero-order valence-electron chi connectivity index (χ0n) is 15.2. The Labute approximate surface area is 161 Å². The number of benzene rings is 2. The minimum atomic E-state index is -0.414. The van der Waals surface area contributed by atoms with E-state index in [0.29, 0.717) is 17.3 Å². The summed E-state index contributed by atoms with van der Waals surface area (Å²) in [6.45, 7) is 1.89. The van der Waals surface area contributed by atoms with Crippen molar-refractivity contribution in [3.63, 3.8) is 0 Å². The van der Waals surface area contributed by atoms with Crippen LogP contribution >= 0.6 is 0 Å². The van der Waals surface area contributed by atoms with E-state index >= 15 is 0 Å². The number of carbonyl (C=O) groups excluding carboxylic acids is 1. The highest BCUT2D eigenvalue weighted by Gasteiger charge is 2.35. The SMILES string of the molecule is CC1=C(C(=O)Nc2ccccc2)[C@@H](c2ccco2)n2c(nc3ccccc32)N1. The molecule has 0 radical (unpaired) electrons. The first kappa shape index (κ1) is 16.4. The Morgan fingerprint density at radius 2 is 1.86 bits per heavy atom. The van der Waals surface area contributed by atoms with Gasteiger partial charge in [-0.2, -0.15) is 0 Å². The Morgan fingerprint density at radius 3 is 2.64 bits per heavy atom. The number of hydrogen-bond donors (Lipinski definition) is 2. The molecule has 6 nitrogen and oxygen atoms in total. The molecule has 2 N–H and O–H groups in total. The molecule has 1 amide bonds. The zero-order valence-corrected chi connectivity index (χ0v) is 15.2. The van der Waals surface area contributed by atoms with E-state index in [1.54, 1.807) is 6.26 Å². The van der Waals surface area contributed by atoms with E-state index in [1.165, 1.54) is 0 Å². The quantitative estimate of drug-likeness (QED) is 0.555. The van der Waals surface area contributed by atoms with Gasteiger partial charge in [-0.15, -0.1) is 0 Å². The number of furan rings is 1. The molecule has 2 aromatic heterocycles. The molecule has 0 saturated heterocycles. The average Bonchev–Trinajstić information content (AvgIpc) is 3.35. The maximum absolute atomic E-state index is 13.3. The number of amides is 1. The number of aromatic nitrogens is 2. The Hall–Kier alpha value is -3.80. The fourth-order valence-corrected chi connectivity index (χ4v) is 3.69. The average molecular weight is 370 g/mol. The summed E-state index contributed by atoms with van der Waals surface area (Å²) >= 11 is 0. The van der Waals surface area contributed by atoms with Crippen LogP contribution in [0.1, 0.15) is 18.7 Å². The maximum atomic E-state index is 13.3. The van der Waals surface area contributed by atoms with Crippen LogP contribution in [0.3, 0.4) is 0 Å². The molecule has 1 aliphatic heterocycles. The molecule has 2 aromatic carbocycles. The normalized spacial score (nSPS) is 16.0. The lowest BCUT2D eigenvalue weighted by molar-refractivity contribution is -0.113. The summed E-state index contributed by atoms with van der Waals surface area (Å²) in [4.78, 5) is 18.0. The van der Waals surface area contributed by atoms with Crippen molar-refractivity contribution in [3.05, 3.63) is 90.0 Å². The number of allylic oxidation sites excluding steroid dienone is 1. The zero-order chi connectivity index (χ0) is 19.1. The molecule has 0 bridgehead atoms. The largest absolute Gasteiger partial charge is 0.467 e. The predicted octanol–water partition coefficient (Wildman–Crippen LogP) is 4.56. The molecule has 6 heteroatoms. The number of nitrogens with one attached hydrogen (secondary N) is 2. The number of rotatable bonds is 3. The molecule has 5 rings (SSSR count). The lowest BCUT2D eigenvalue weighted by Crippen LogP contribution is -2.30. The van der Waals surface area contributed by atoms with Crippen LogP contribution in [-0.4, -0.2) is 15.5 Å². The van der Waals surface area contributed by atoms with E-state index in [4.69, 9.17) is 4.42 Å². The van der Waals surface area contributed by atoms with Crippen molar-refractivity contribution in [2.75, 3.05) is 10.6 Å². The molecule has 1 aliphatic rings. The van der Waals surface area contributed by atoms with E-state index in [0.717, 1.165) is 22.4 Å². The fourth-order valence-electron chi connectivity index (χ4n) is 3.69. The lowest BCUT2D eigenvalue weighted by Gasteiger charge is -2.29. The van der Waals surface area contributed by atoms with Gasteiger partial charge >= 0.3 is 0 Å². The highest BCUT2D eigenvalue weighted by atomic mass is 16.3. The third-order valence-electron chi connectivity index (χ3n) is 4.92. The molecule has 4 aromatic rings. The first-order valence-electron chi connectivity index (χ1n) is 9.07. The minimum Gasteiger partial charge on any atom is -0.467 e. The van der Waals surface area contributed by atoms with Gasteiger partial charge < -0.3 is 15.1 Å². The summed E-state index contributed by atoms with van der Waals surface area (Å²) in [5, 5.41) is 6.28. The number of carbonyl (C=O) groups is 1. The Bertz CT molecular complexity index is 1190. The lowest BCUT2D eigenvalue weighted by atomic mass is 9.99. The maximum Gasteiger partial charge on any atom is 0.255 e. The van der Waals surface area contributed by atoms with E-state index < -0.39 is 6.04 Å². The van der Waals surface area contributed by atoms with Gasteiger partial charge in [-0.25, -0.2) is 4.98 Å². The topological polar surface area (TPSA) is 72.1 Å². The van der Waals surface area contributed by atoms with Crippen molar-refractivity contribution in [1.29, 1.82) is 0 Å². The van der Waals surface area contributed by atoms with Crippen LogP contribution in [0.15, 0.2) is 88.7 Å². The van der Waals surface area contributed by atoms with Crippen molar-refractivity contribution in [3.8, 4) is 0 Å². The molecule has 0 unspecified atom stereocenters. The molecule has 0 spiro atoms. The van der Waals surface area contributed by atoms with Crippen molar-refractivity contribution in [2.24, 2.45) is 0 Å². The van der Waals surface area contributed by atoms with Gasteiger partial charge in [0.2, 0.25) is 5.95 Å². The van der Waals surface area contributed by atoms with Gasteiger partial charge in [-0.05, 0) is 43.3 Å². The summed E-state index contributed by atoms with van der Waals surface area (Å²) < 4.78 is 7.75. The highest BCUT2D eigenvalue weighted by Crippen LogP contribution is 2.39. The van der Waals surface area contributed by atoms with Crippen LogP contribution in [0, 0.1) is 0 Å². The number of nitrogens with zero attached hydrogens (tertiary/aromatic N) is 2. The second kappa shape index (κ2) is 6.42. The van der Waals surface area contributed by atoms with Crippen LogP contribution in [0.5, 0.6) is 0 Å². The first-order valence-corrected chi connectivity index (χ1v) is 9.07. The van der Waals surface area contributed by atoms with E-state index in [1.807, 2.05) is 78.2 Å². The number of anilines is 2. The van der Waals surface area contributed by atoms with E-state index in [-0.39, 0.29) is 5.91 Å². The van der Waals surface area contributed by atoms with Crippen molar-refractivity contribution in [2.45, 2.75) is 13.0 Å². The predicted molar refractivity (Wildman–Crippen MR) is 108 cm³/mol. The van der Waals surface area contributed by atoms with Crippen molar-refractivity contribution < 1.29 is 9.21 Å². The van der Waals surface area contributed by atoms with Crippen molar-refractivity contribution in [1.82, 2.24) is 9.55 Å². The van der Waals surface area contributed by atoms with Crippen LogP contribution in [-0.2, 0) is 4.79 Å². The first-order chi connectivity index (χ1) is 13.7. The molecular formula is C22H18N4O2. The number of fused-ring (bicyclic) bond motifs is 3. The summed E-state index contributed by atoms with van der Waals surface area (Å²) in [5.74, 6) is 1.20. The summed E-state index contributed by atoms with van der Waals surface area (Å²) in [6, 6.07) is 20.6. The third-order valence-corrected chi connectivity index (χ3v) is 4.92. The minimum absolute atomic E-state index is 0.180. The van der Waals surface area contributed by atoms with E-state index in [2.05, 4.69) is 15.6 Å². The number of para-hydroxylation sites is 3. The fraction of sp³-hybridized carbons (Fsp3) is 0.0909. The van der Waals surface area contributed by atoms with Crippen molar-refractivity contribution >= 4 is 28.6 Å². The third kappa shape index (κ3) is 2.58. The second-order valence-electron chi connectivity index (χ2n) is 6.70. The van der Waals surface area contributed by atoms with Crippen LogP contribution < -0.4 is 10.6 Å². The number of imidazole rings is 1. The summed E-state index contributed by atoms with van der Waals surface area (Å²) in [6.07, 6.45) is 1.62. The summed E-state index contributed by atoms with van der Waals surface area (Å²) in [7, 11) is 0. The van der Waals surface area contributed by atoms with Crippen LogP contribution in [0.2, 0.25) is 0 Å². The molecule has 28 heavy (non-hydrogen) atoms. The van der Waals surface area contributed by atoms with Crippen LogP contribution in [0.25, 0.3) is 11.0 Å². The molecule has 138 valence electrons. The Balaban J connectivity index is 1.66. The van der Waals surface area contributed by atoms with Gasteiger partial charge in [0.25, 0.3) is 5.91 Å². The van der Waals surface area contributed by atoms with Gasteiger partial charge in [0.1, 0.15) is 11.8 Å².